The molecule has 3 N–H and O–H groups in total. The van der Waals surface area contributed by atoms with E-state index in [1.54, 1.807) is 0 Å². The third-order valence-corrected chi connectivity index (χ3v) is 1.43. The molecule has 0 radical (unpaired) electrons. The molecule has 0 saturated carbocycles. The van der Waals surface area contributed by atoms with Crippen molar-refractivity contribution >= 4 is 16.9 Å². The van der Waals surface area contributed by atoms with Crippen LogP contribution < -0.4 is 11.1 Å². The highest BCUT2D eigenvalue weighted by Gasteiger charge is 1.96. The van der Waals surface area contributed by atoms with Crippen LogP contribution in [-0.2, 0) is 0 Å². The van der Waals surface area contributed by atoms with E-state index in [1.807, 2.05) is 20.1 Å². The molecule has 0 heterocycles. The Hall–Kier alpha value is -0.640. The van der Waals surface area contributed by atoms with Crippen LogP contribution in [0.4, 0.5) is 0 Å². The first-order valence-electron chi connectivity index (χ1n) is 3.39. The highest BCUT2D eigenvalue weighted by Crippen LogP contribution is 1.98. The molecule has 3 nitrogen and oxygen atoms in total. The molecule has 11 heavy (non-hydrogen) atoms. The number of thioether (sulfide) groups is 1. The second kappa shape index (κ2) is 5.07. The smallest absolute Gasteiger partial charge is 0.162 e. The van der Waals surface area contributed by atoms with E-state index in [-0.39, 0.29) is 6.04 Å². The summed E-state index contributed by atoms with van der Waals surface area (Å²) < 4.78 is 0. The Kier molecular flexibility index (Phi) is 4.77. The number of nitrogens with zero attached hydrogens (tertiary/aromatic N) is 1. The lowest BCUT2D eigenvalue weighted by molar-refractivity contribution is 0.831. The van der Waals surface area contributed by atoms with Gasteiger partial charge >= 0.3 is 0 Å². The van der Waals surface area contributed by atoms with Crippen LogP contribution in [0, 0.1) is 0 Å². The summed E-state index contributed by atoms with van der Waals surface area (Å²) in [6.07, 6.45) is 1.94. The minimum atomic E-state index is 0.282. The lowest BCUT2D eigenvalue weighted by Gasteiger charge is -2.07. The van der Waals surface area contributed by atoms with Crippen molar-refractivity contribution in [3.8, 4) is 0 Å². The van der Waals surface area contributed by atoms with Gasteiger partial charge in [-0.3, -0.25) is 4.99 Å². The molecule has 0 aliphatic rings. The molecule has 0 fully saturated rings. The van der Waals surface area contributed by atoms with Gasteiger partial charge in [0, 0.05) is 6.04 Å². The van der Waals surface area contributed by atoms with Crippen molar-refractivity contribution in [2.75, 3.05) is 6.26 Å². The molecule has 0 aliphatic heterocycles. The molecule has 0 unspecified atom stereocenters. The molecule has 0 atom stereocenters. The van der Waals surface area contributed by atoms with Crippen LogP contribution in [0.2, 0.25) is 0 Å². The van der Waals surface area contributed by atoms with E-state index >= 15 is 0 Å². The lowest BCUT2D eigenvalue weighted by atomic mass is 10.4. The predicted octanol–water partition coefficient (Wildman–Crippen LogP) is 1.13. The average molecular weight is 173 g/mol. The van der Waals surface area contributed by atoms with E-state index in [2.05, 4.69) is 16.9 Å². The Morgan fingerprint density at radius 2 is 2.18 bits per heavy atom. The third kappa shape index (κ3) is 5.79. The molecule has 0 aliphatic carbocycles. The van der Waals surface area contributed by atoms with Gasteiger partial charge in [0.05, 0.1) is 5.82 Å². The zero-order chi connectivity index (χ0) is 8.85. The van der Waals surface area contributed by atoms with Crippen LogP contribution in [0.5, 0.6) is 0 Å². The van der Waals surface area contributed by atoms with Gasteiger partial charge in [-0.1, -0.05) is 18.3 Å². The fraction of sp³-hybridized carbons (Fsp3) is 0.571. The minimum Gasteiger partial charge on any atom is -0.386 e. The molecule has 0 saturated heterocycles. The standard InChI is InChI=1S/C7H15N3S/c1-5(2)9-7(11-4)10-6(3)8/h5H,3,8H2,1-2,4H3,(H,9,10). The Labute approximate surface area is 72.1 Å². The molecule has 64 valence electrons. The monoisotopic (exact) mass is 173 g/mol. The first kappa shape index (κ1) is 10.4. The second-order valence-electron chi connectivity index (χ2n) is 2.38. The van der Waals surface area contributed by atoms with Gasteiger partial charge in [-0.2, -0.15) is 0 Å². The van der Waals surface area contributed by atoms with Crippen LogP contribution >= 0.6 is 11.8 Å². The zero-order valence-corrected chi connectivity index (χ0v) is 8.03. The Balaban J connectivity index is 4.05. The molecule has 0 rings (SSSR count). The van der Waals surface area contributed by atoms with Crippen molar-refractivity contribution in [2.24, 2.45) is 10.7 Å². The maximum atomic E-state index is 5.34. The predicted molar refractivity (Wildman–Crippen MR) is 52.5 cm³/mol. The summed E-state index contributed by atoms with van der Waals surface area (Å²) in [6, 6.07) is 0.282. The van der Waals surface area contributed by atoms with Gasteiger partial charge in [-0.05, 0) is 20.1 Å². The van der Waals surface area contributed by atoms with Crippen molar-refractivity contribution in [1.29, 1.82) is 0 Å². The number of amidine groups is 1. The summed E-state index contributed by atoms with van der Waals surface area (Å²) in [6.45, 7) is 7.54. The highest BCUT2D eigenvalue weighted by atomic mass is 32.2. The topological polar surface area (TPSA) is 50.4 Å². The molecular weight excluding hydrogens is 158 g/mol. The van der Waals surface area contributed by atoms with Crippen molar-refractivity contribution in [1.82, 2.24) is 5.32 Å². The molecule has 0 amide bonds. The SMILES string of the molecule is C=C(N)NC(=NC(C)C)SC. The van der Waals surface area contributed by atoms with E-state index in [9.17, 15) is 0 Å². The van der Waals surface area contributed by atoms with Crippen LogP contribution in [0.15, 0.2) is 17.4 Å². The Morgan fingerprint density at radius 1 is 1.64 bits per heavy atom. The molecule has 0 aromatic heterocycles. The lowest BCUT2D eigenvalue weighted by Crippen LogP contribution is -2.24. The second-order valence-corrected chi connectivity index (χ2v) is 3.18. The van der Waals surface area contributed by atoms with Crippen LogP contribution in [0.25, 0.3) is 0 Å². The fourth-order valence-corrected chi connectivity index (χ4v) is 1.06. The van der Waals surface area contributed by atoms with Crippen molar-refractivity contribution in [3.05, 3.63) is 12.4 Å². The highest BCUT2D eigenvalue weighted by molar-refractivity contribution is 8.13. The zero-order valence-electron chi connectivity index (χ0n) is 7.22. The maximum Gasteiger partial charge on any atom is 0.162 e. The number of aliphatic imine (C=N–C) groups is 1. The third-order valence-electron chi connectivity index (χ3n) is 0.836. The van der Waals surface area contributed by atoms with Crippen molar-refractivity contribution in [3.63, 3.8) is 0 Å². The van der Waals surface area contributed by atoms with E-state index in [0.29, 0.717) is 5.82 Å². The minimum absolute atomic E-state index is 0.282. The fourth-order valence-electron chi connectivity index (χ4n) is 0.508. The van der Waals surface area contributed by atoms with E-state index in [1.165, 1.54) is 11.8 Å². The Bertz CT molecular complexity index is 163. The quantitative estimate of drug-likeness (QED) is 0.486. The molecule has 4 heteroatoms. The van der Waals surface area contributed by atoms with Gasteiger partial charge in [-0.25, -0.2) is 0 Å². The molecular formula is C7H15N3S. The number of hydrogen-bond acceptors (Lipinski definition) is 3. The summed E-state index contributed by atoms with van der Waals surface area (Å²) >= 11 is 1.52. The summed E-state index contributed by atoms with van der Waals surface area (Å²) in [5.41, 5.74) is 5.34. The van der Waals surface area contributed by atoms with Gasteiger partial charge < -0.3 is 11.1 Å². The summed E-state index contributed by atoms with van der Waals surface area (Å²) in [4.78, 5) is 4.26. The van der Waals surface area contributed by atoms with Gasteiger partial charge in [0.1, 0.15) is 0 Å². The van der Waals surface area contributed by atoms with Gasteiger partial charge in [-0.15, -0.1) is 0 Å². The molecule has 0 aromatic carbocycles. The molecule has 0 aromatic rings. The normalized spacial score (nSPS) is 11.8. The van der Waals surface area contributed by atoms with Crippen LogP contribution in [0.1, 0.15) is 13.8 Å². The molecule has 0 spiro atoms. The van der Waals surface area contributed by atoms with Crippen LogP contribution in [0.3, 0.4) is 0 Å². The summed E-state index contributed by atoms with van der Waals surface area (Å²) in [5, 5.41) is 3.67. The largest absolute Gasteiger partial charge is 0.386 e. The van der Waals surface area contributed by atoms with E-state index in [0.717, 1.165) is 5.17 Å². The number of rotatable bonds is 2. The van der Waals surface area contributed by atoms with Gasteiger partial charge in [0.25, 0.3) is 0 Å². The summed E-state index contributed by atoms with van der Waals surface area (Å²) in [5.74, 6) is 0.429. The van der Waals surface area contributed by atoms with E-state index < -0.39 is 0 Å². The number of hydrogen-bond donors (Lipinski definition) is 2. The van der Waals surface area contributed by atoms with Crippen molar-refractivity contribution in [2.45, 2.75) is 19.9 Å². The number of nitrogens with two attached hydrogens (primary N) is 1. The summed E-state index contributed by atoms with van der Waals surface area (Å²) in [7, 11) is 0. The van der Waals surface area contributed by atoms with E-state index in [4.69, 9.17) is 5.73 Å². The first-order chi connectivity index (χ1) is 5.06. The number of nitrogens with one attached hydrogen (secondary N) is 1. The maximum absolute atomic E-state index is 5.34. The molecule has 0 bridgehead atoms. The first-order valence-corrected chi connectivity index (χ1v) is 4.62. The average Bonchev–Trinajstić information content (AvgIpc) is 1.84. The van der Waals surface area contributed by atoms with Crippen molar-refractivity contribution < 1.29 is 0 Å². The van der Waals surface area contributed by atoms with Gasteiger partial charge in [0.2, 0.25) is 0 Å². The van der Waals surface area contributed by atoms with Crippen LogP contribution in [-0.4, -0.2) is 17.5 Å². The Morgan fingerprint density at radius 3 is 2.45 bits per heavy atom. The van der Waals surface area contributed by atoms with Gasteiger partial charge in [0.15, 0.2) is 5.17 Å².